The molecule has 0 unspecified atom stereocenters. The van der Waals surface area contributed by atoms with Crippen LogP contribution in [0.4, 0.5) is 24.8 Å². The van der Waals surface area contributed by atoms with Crippen LogP contribution in [0.25, 0.3) is 11.0 Å². The van der Waals surface area contributed by atoms with Gasteiger partial charge in [0.2, 0.25) is 5.95 Å². The van der Waals surface area contributed by atoms with Gasteiger partial charge in [-0.15, -0.1) is 0 Å². The van der Waals surface area contributed by atoms with Crippen molar-refractivity contribution in [2.45, 2.75) is 25.4 Å². The second-order valence-corrected chi connectivity index (χ2v) is 8.96. The number of benzene rings is 2. The summed E-state index contributed by atoms with van der Waals surface area (Å²) in [7, 11) is 1.81. The van der Waals surface area contributed by atoms with Crippen molar-refractivity contribution in [3.8, 4) is 11.5 Å². The number of carbonyl (C=O) groups is 1. The largest absolute Gasteiger partial charge is 0.457 e. The Balaban J connectivity index is 1.29. The number of rotatable bonds is 7. The normalized spacial score (nSPS) is 14.6. The Kier molecular flexibility index (Phi) is 6.84. The van der Waals surface area contributed by atoms with E-state index in [1.165, 1.54) is 12.1 Å². The molecule has 1 fully saturated rings. The van der Waals surface area contributed by atoms with Crippen LogP contribution in [0.3, 0.4) is 0 Å². The summed E-state index contributed by atoms with van der Waals surface area (Å²) in [6.07, 6.45) is -1.03. The fourth-order valence-corrected chi connectivity index (χ4v) is 4.32. The van der Waals surface area contributed by atoms with Crippen molar-refractivity contribution in [1.82, 2.24) is 14.5 Å². The molecule has 7 nitrogen and oxygen atoms in total. The smallest absolute Gasteiger partial charge is 0.416 e. The number of carbonyl (C=O) groups excluding carboxylic acids is 1. The maximum Gasteiger partial charge on any atom is 0.416 e. The number of nitrogens with one attached hydrogen (secondary N) is 1. The van der Waals surface area contributed by atoms with Crippen LogP contribution in [0.15, 0.2) is 60.8 Å². The summed E-state index contributed by atoms with van der Waals surface area (Å²) in [5.74, 6) is 1.76. The van der Waals surface area contributed by atoms with Gasteiger partial charge in [0.05, 0.1) is 22.3 Å². The van der Waals surface area contributed by atoms with Gasteiger partial charge in [-0.1, -0.05) is 0 Å². The average molecular weight is 511 g/mol. The molecule has 0 radical (unpaired) electrons. The molecule has 0 aliphatic carbocycles. The number of alkyl halides is 3. The van der Waals surface area contributed by atoms with E-state index in [-0.39, 0.29) is 18.1 Å². The molecule has 1 saturated heterocycles. The number of ketones is 1. The number of halogens is 3. The number of anilines is 2. The van der Waals surface area contributed by atoms with Crippen molar-refractivity contribution in [2.75, 3.05) is 18.5 Å². The monoisotopic (exact) mass is 510 g/mol. The maximum atomic E-state index is 12.8. The lowest BCUT2D eigenvalue weighted by Crippen LogP contribution is -2.24. The molecule has 0 spiro atoms. The molecule has 0 atom stereocenters. The van der Waals surface area contributed by atoms with Crippen LogP contribution in [0.5, 0.6) is 11.5 Å². The molecule has 2 aromatic carbocycles. The van der Waals surface area contributed by atoms with E-state index in [0.717, 1.165) is 30.5 Å². The van der Waals surface area contributed by atoms with Crippen LogP contribution in [0.2, 0.25) is 0 Å². The van der Waals surface area contributed by atoms with Gasteiger partial charge < -0.3 is 19.4 Å². The number of aromatic nitrogens is 3. The lowest BCUT2D eigenvalue weighted by atomic mass is 9.92. The van der Waals surface area contributed by atoms with Gasteiger partial charge in [0.1, 0.15) is 17.3 Å². The molecule has 1 N–H and O–H groups in total. The molecule has 4 aromatic rings. The van der Waals surface area contributed by atoms with E-state index in [4.69, 9.17) is 9.47 Å². The second-order valence-electron chi connectivity index (χ2n) is 8.96. The Morgan fingerprint density at radius 3 is 2.54 bits per heavy atom. The van der Waals surface area contributed by atoms with E-state index in [1.54, 1.807) is 30.5 Å². The molecular formula is C27H25F3N4O3. The Morgan fingerprint density at radius 2 is 1.81 bits per heavy atom. The first-order valence-corrected chi connectivity index (χ1v) is 11.9. The van der Waals surface area contributed by atoms with E-state index >= 15 is 0 Å². The van der Waals surface area contributed by atoms with Crippen LogP contribution in [0, 0.1) is 5.92 Å². The Labute approximate surface area is 211 Å². The summed E-state index contributed by atoms with van der Waals surface area (Å²) in [5, 5.41) is 3.06. The van der Waals surface area contributed by atoms with Crippen molar-refractivity contribution < 1.29 is 27.4 Å². The van der Waals surface area contributed by atoms with E-state index in [2.05, 4.69) is 15.3 Å². The lowest BCUT2D eigenvalue weighted by Gasteiger charge is -2.20. The quantitative estimate of drug-likeness (QED) is 0.326. The summed E-state index contributed by atoms with van der Waals surface area (Å²) in [6, 6.07) is 13.7. The SMILES string of the molecule is Cn1c(Nc2ccc(C(F)(F)F)cc2)nc2cc(Oc3ccnc(CC(=O)C4CCOCC4)c3)ccc21. The molecule has 1 aliphatic heterocycles. The highest BCUT2D eigenvalue weighted by Gasteiger charge is 2.30. The number of aryl methyl sites for hydroxylation is 1. The highest BCUT2D eigenvalue weighted by Crippen LogP contribution is 2.31. The number of ether oxygens (including phenoxy) is 2. The lowest BCUT2D eigenvalue weighted by molar-refractivity contribution is -0.137. The summed E-state index contributed by atoms with van der Waals surface area (Å²) in [5.41, 5.74) is 1.90. The first-order valence-electron chi connectivity index (χ1n) is 11.9. The topological polar surface area (TPSA) is 78.3 Å². The van der Waals surface area contributed by atoms with Crippen molar-refractivity contribution in [3.05, 3.63) is 72.1 Å². The zero-order valence-corrected chi connectivity index (χ0v) is 20.1. The van der Waals surface area contributed by atoms with Gasteiger partial charge in [0.25, 0.3) is 0 Å². The van der Waals surface area contributed by atoms with Gasteiger partial charge in [0.15, 0.2) is 0 Å². The fourth-order valence-electron chi connectivity index (χ4n) is 4.32. The summed E-state index contributed by atoms with van der Waals surface area (Å²) < 4.78 is 51.6. The minimum absolute atomic E-state index is 0.0112. The van der Waals surface area contributed by atoms with E-state index in [9.17, 15) is 18.0 Å². The Morgan fingerprint density at radius 1 is 1.08 bits per heavy atom. The van der Waals surface area contributed by atoms with E-state index in [1.807, 2.05) is 17.7 Å². The number of fused-ring (bicyclic) bond motifs is 1. The summed E-state index contributed by atoms with van der Waals surface area (Å²) >= 11 is 0. The number of hydrogen-bond acceptors (Lipinski definition) is 6. The molecule has 5 rings (SSSR count). The van der Waals surface area contributed by atoms with Crippen LogP contribution in [-0.2, 0) is 29.2 Å². The van der Waals surface area contributed by atoms with Crippen LogP contribution >= 0.6 is 0 Å². The van der Waals surface area contributed by atoms with Gasteiger partial charge >= 0.3 is 6.18 Å². The number of nitrogens with zero attached hydrogens (tertiary/aromatic N) is 3. The van der Waals surface area contributed by atoms with Crippen LogP contribution in [-0.4, -0.2) is 33.5 Å². The molecule has 192 valence electrons. The maximum absolute atomic E-state index is 12.8. The predicted octanol–water partition coefficient (Wildman–Crippen LogP) is 6.06. The summed E-state index contributed by atoms with van der Waals surface area (Å²) in [4.78, 5) is 21.5. The first kappa shape index (κ1) is 24.8. The minimum atomic E-state index is -4.39. The number of hydrogen-bond donors (Lipinski definition) is 1. The molecule has 10 heteroatoms. The van der Waals surface area contributed by atoms with Gasteiger partial charge in [-0.2, -0.15) is 13.2 Å². The van der Waals surface area contributed by atoms with Crippen LogP contribution < -0.4 is 10.1 Å². The molecule has 0 saturated carbocycles. The zero-order chi connectivity index (χ0) is 26.0. The van der Waals surface area contributed by atoms with Gasteiger partial charge in [0, 0.05) is 56.6 Å². The predicted molar refractivity (Wildman–Crippen MR) is 132 cm³/mol. The molecule has 0 bridgehead atoms. The van der Waals surface area contributed by atoms with Crippen LogP contribution in [0.1, 0.15) is 24.1 Å². The first-order chi connectivity index (χ1) is 17.8. The zero-order valence-electron chi connectivity index (χ0n) is 20.1. The van der Waals surface area contributed by atoms with Crippen molar-refractivity contribution >= 4 is 28.5 Å². The Hall–Kier alpha value is -3.92. The number of pyridine rings is 1. The average Bonchev–Trinajstić information content (AvgIpc) is 3.18. The van der Waals surface area contributed by atoms with Gasteiger partial charge in [-0.05, 0) is 55.3 Å². The standard InChI is InChI=1S/C27H25F3N4O3/c1-34-24-7-6-21(16-23(24)33-26(34)32-19-4-2-18(3-5-19)27(28,29)30)37-22-8-11-31-20(14-22)15-25(35)17-9-12-36-13-10-17/h2-8,11,14,16-17H,9-10,12-13,15H2,1H3,(H,32,33). The minimum Gasteiger partial charge on any atom is -0.457 e. The molecule has 0 amide bonds. The number of imidazole rings is 1. The Bertz CT molecular complexity index is 1410. The highest BCUT2D eigenvalue weighted by atomic mass is 19.4. The fraction of sp³-hybridized carbons (Fsp3) is 0.296. The molecule has 3 heterocycles. The van der Waals surface area contributed by atoms with Crippen molar-refractivity contribution in [2.24, 2.45) is 13.0 Å². The molecule has 2 aromatic heterocycles. The van der Waals surface area contributed by atoms with Gasteiger partial charge in [-0.25, -0.2) is 4.98 Å². The third-order valence-electron chi connectivity index (χ3n) is 6.38. The number of Topliss-reactive ketones (excluding diaryl/α,β-unsaturated/α-hetero) is 1. The summed E-state index contributed by atoms with van der Waals surface area (Å²) in [6.45, 7) is 1.23. The van der Waals surface area contributed by atoms with E-state index in [0.29, 0.717) is 47.6 Å². The second kappa shape index (κ2) is 10.2. The van der Waals surface area contributed by atoms with Crippen molar-refractivity contribution in [3.63, 3.8) is 0 Å². The third kappa shape index (κ3) is 5.75. The third-order valence-corrected chi connectivity index (χ3v) is 6.38. The molecule has 37 heavy (non-hydrogen) atoms. The highest BCUT2D eigenvalue weighted by molar-refractivity contribution is 5.83. The molecular weight excluding hydrogens is 485 g/mol. The van der Waals surface area contributed by atoms with E-state index < -0.39 is 11.7 Å². The molecule has 1 aliphatic rings. The van der Waals surface area contributed by atoms with Gasteiger partial charge in [-0.3, -0.25) is 9.78 Å². The van der Waals surface area contributed by atoms with Crippen molar-refractivity contribution in [1.29, 1.82) is 0 Å².